The fourth-order valence-electron chi connectivity index (χ4n) is 0.234. The van der Waals surface area contributed by atoms with Gasteiger partial charge in [-0.15, -0.1) is 4.37 Å². The fourth-order valence-corrected chi connectivity index (χ4v) is 0.803. The molecule has 1 aromatic rings. The van der Waals surface area contributed by atoms with E-state index < -0.39 is 8.69 Å². The highest BCUT2D eigenvalue weighted by Crippen LogP contribution is 2.07. The summed E-state index contributed by atoms with van der Waals surface area (Å²) in [5, 5.41) is 0. The van der Waals surface area contributed by atoms with E-state index >= 15 is 0 Å². The third-order valence-electron chi connectivity index (χ3n) is 0.460. The molecule has 0 aliphatic rings. The van der Waals surface area contributed by atoms with Gasteiger partial charge in [0.25, 0.3) is 0 Å². The van der Waals surface area contributed by atoms with Crippen molar-refractivity contribution in [3.8, 4) is 6.01 Å². The molecule has 0 aliphatic heterocycles. The average molecular weight is 148 g/mol. The second-order valence-corrected chi connectivity index (χ2v) is 1.82. The van der Waals surface area contributed by atoms with Gasteiger partial charge < -0.3 is 4.52 Å². The quantitative estimate of drug-likeness (QED) is 0.589. The van der Waals surface area contributed by atoms with Gasteiger partial charge >= 0.3 is 14.7 Å². The SMILES string of the molecule is O=POc1ncsn1. The largest absolute Gasteiger partial charge is 0.398 e. The minimum atomic E-state index is -0.413. The van der Waals surface area contributed by atoms with Crippen LogP contribution in [-0.2, 0) is 4.57 Å². The average Bonchev–Trinajstić information content (AvgIpc) is 2.19. The predicted molar refractivity (Wildman–Crippen MR) is 28.1 cm³/mol. The van der Waals surface area contributed by atoms with E-state index in [0.717, 1.165) is 11.5 Å². The third kappa shape index (κ3) is 1.21. The highest BCUT2D eigenvalue weighted by molar-refractivity contribution is 7.17. The zero-order valence-corrected chi connectivity index (χ0v) is 5.35. The number of rotatable bonds is 2. The summed E-state index contributed by atoms with van der Waals surface area (Å²) in [6, 6.07) is 0.159. The van der Waals surface area contributed by atoms with Crippen LogP contribution in [0.15, 0.2) is 5.51 Å². The van der Waals surface area contributed by atoms with Crippen LogP contribution in [-0.4, -0.2) is 9.36 Å². The lowest BCUT2D eigenvalue weighted by Crippen LogP contribution is -1.73. The van der Waals surface area contributed by atoms with Crippen molar-refractivity contribution in [1.82, 2.24) is 9.36 Å². The van der Waals surface area contributed by atoms with Gasteiger partial charge in [0.1, 0.15) is 5.51 Å². The van der Waals surface area contributed by atoms with E-state index in [4.69, 9.17) is 0 Å². The number of nitrogens with zero attached hydrogens (tertiary/aromatic N) is 2. The maximum absolute atomic E-state index is 9.67. The lowest BCUT2D eigenvalue weighted by atomic mass is 11.2. The molecule has 0 aliphatic carbocycles. The van der Waals surface area contributed by atoms with Crippen LogP contribution in [0.4, 0.5) is 0 Å². The van der Waals surface area contributed by atoms with Gasteiger partial charge in [-0.05, 0) is 11.5 Å². The Bertz CT molecular complexity index is 165. The normalized spacial score (nSPS) is 9.50. The van der Waals surface area contributed by atoms with Crippen molar-refractivity contribution in [1.29, 1.82) is 0 Å². The number of hydrogen-bond donors (Lipinski definition) is 0. The van der Waals surface area contributed by atoms with Crippen LogP contribution >= 0.6 is 20.2 Å². The predicted octanol–water partition coefficient (Wildman–Crippen LogP) is 1.12. The van der Waals surface area contributed by atoms with Gasteiger partial charge in [0.2, 0.25) is 0 Å². The molecule has 0 aromatic carbocycles. The molecule has 1 rings (SSSR count). The van der Waals surface area contributed by atoms with Gasteiger partial charge in [-0.2, -0.15) is 4.98 Å². The summed E-state index contributed by atoms with van der Waals surface area (Å²) in [7, 11) is -0.413. The van der Waals surface area contributed by atoms with Gasteiger partial charge in [0.05, 0.1) is 0 Å². The summed E-state index contributed by atoms with van der Waals surface area (Å²) in [6.07, 6.45) is 0. The molecule has 1 heterocycles. The third-order valence-corrected chi connectivity index (χ3v) is 1.16. The highest BCUT2D eigenvalue weighted by atomic mass is 32.1. The molecule has 0 saturated heterocycles. The maximum Gasteiger partial charge on any atom is 0.398 e. The van der Waals surface area contributed by atoms with Gasteiger partial charge in [0, 0.05) is 0 Å². The first-order valence-electron chi connectivity index (χ1n) is 1.69. The van der Waals surface area contributed by atoms with Gasteiger partial charge in [-0.3, -0.25) is 0 Å². The van der Waals surface area contributed by atoms with E-state index in [9.17, 15) is 4.57 Å². The Morgan fingerprint density at radius 1 is 1.88 bits per heavy atom. The standard InChI is InChI=1S/C2HN2O2PS/c5-7-6-2-3-1-8-4-2/h1H. The molecule has 0 N–H and O–H groups in total. The molecule has 0 amide bonds. The second-order valence-electron chi connectivity index (χ2n) is 0.880. The molecule has 42 valence electrons. The van der Waals surface area contributed by atoms with E-state index in [0.29, 0.717) is 0 Å². The fraction of sp³-hybridized carbons (Fsp3) is 0. The van der Waals surface area contributed by atoms with Crippen molar-refractivity contribution in [2.45, 2.75) is 0 Å². The highest BCUT2D eigenvalue weighted by Gasteiger charge is 1.92. The Morgan fingerprint density at radius 3 is 3.25 bits per heavy atom. The van der Waals surface area contributed by atoms with E-state index in [1.807, 2.05) is 0 Å². The summed E-state index contributed by atoms with van der Waals surface area (Å²) in [6.45, 7) is 0. The van der Waals surface area contributed by atoms with Crippen LogP contribution in [0.3, 0.4) is 0 Å². The zero-order valence-electron chi connectivity index (χ0n) is 3.64. The Kier molecular flexibility index (Phi) is 1.88. The van der Waals surface area contributed by atoms with Crippen LogP contribution in [0, 0.1) is 0 Å². The Labute approximate surface area is 51.0 Å². The molecule has 0 saturated carbocycles. The summed E-state index contributed by atoms with van der Waals surface area (Å²) in [5.74, 6) is 0. The molecular weight excluding hydrogens is 147 g/mol. The molecule has 0 radical (unpaired) electrons. The lowest BCUT2D eigenvalue weighted by molar-refractivity contribution is 0.507. The smallest absolute Gasteiger partial charge is 0.370 e. The number of hydrogen-bond acceptors (Lipinski definition) is 5. The number of aromatic nitrogens is 2. The topological polar surface area (TPSA) is 52.1 Å². The molecule has 0 fully saturated rings. The summed E-state index contributed by atoms with van der Waals surface area (Å²) in [5.41, 5.74) is 1.50. The van der Waals surface area contributed by atoms with E-state index in [2.05, 4.69) is 13.9 Å². The van der Waals surface area contributed by atoms with Crippen LogP contribution in [0.1, 0.15) is 0 Å². The van der Waals surface area contributed by atoms with Crippen molar-refractivity contribution in [3.05, 3.63) is 5.51 Å². The van der Waals surface area contributed by atoms with E-state index in [1.165, 1.54) is 5.51 Å². The van der Waals surface area contributed by atoms with Gasteiger partial charge in [-0.1, -0.05) is 0 Å². The monoisotopic (exact) mass is 148 g/mol. The van der Waals surface area contributed by atoms with Crippen molar-refractivity contribution in [2.75, 3.05) is 0 Å². The van der Waals surface area contributed by atoms with Crippen LogP contribution in [0.2, 0.25) is 0 Å². The minimum absolute atomic E-state index is 0.159. The Morgan fingerprint density at radius 2 is 2.75 bits per heavy atom. The van der Waals surface area contributed by atoms with Gasteiger partial charge in [-0.25, -0.2) is 4.57 Å². The van der Waals surface area contributed by atoms with Crippen molar-refractivity contribution >= 4 is 20.2 Å². The molecule has 1 aromatic heterocycles. The molecule has 4 nitrogen and oxygen atoms in total. The Hall–Kier alpha value is -0.540. The molecule has 0 spiro atoms. The summed E-state index contributed by atoms with van der Waals surface area (Å²) < 4.78 is 17.6. The molecule has 0 atom stereocenters. The van der Waals surface area contributed by atoms with Crippen LogP contribution in [0.5, 0.6) is 6.01 Å². The maximum atomic E-state index is 9.67. The molecule has 8 heavy (non-hydrogen) atoms. The molecule has 6 heteroatoms. The van der Waals surface area contributed by atoms with Crippen molar-refractivity contribution < 1.29 is 9.09 Å². The minimum Gasteiger partial charge on any atom is -0.370 e. The first-order valence-corrected chi connectivity index (χ1v) is 3.26. The summed E-state index contributed by atoms with van der Waals surface area (Å²) in [4.78, 5) is 3.58. The molecular formula is C2HN2O2PS. The van der Waals surface area contributed by atoms with Crippen molar-refractivity contribution in [3.63, 3.8) is 0 Å². The lowest BCUT2D eigenvalue weighted by Gasteiger charge is -1.78. The Balaban J connectivity index is 2.62. The van der Waals surface area contributed by atoms with Gasteiger partial charge in [0.15, 0.2) is 0 Å². The van der Waals surface area contributed by atoms with E-state index in [1.54, 1.807) is 0 Å². The summed E-state index contributed by atoms with van der Waals surface area (Å²) >= 11 is 1.15. The molecule has 0 bridgehead atoms. The van der Waals surface area contributed by atoms with Crippen LogP contribution in [0.25, 0.3) is 0 Å². The van der Waals surface area contributed by atoms with Crippen LogP contribution < -0.4 is 4.52 Å². The molecule has 0 unspecified atom stereocenters. The van der Waals surface area contributed by atoms with E-state index in [-0.39, 0.29) is 6.01 Å². The first kappa shape index (κ1) is 5.59. The van der Waals surface area contributed by atoms with Crippen molar-refractivity contribution in [2.24, 2.45) is 0 Å². The second kappa shape index (κ2) is 2.69. The first-order chi connectivity index (χ1) is 3.93. The zero-order chi connectivity index (χ0) is 5.82.